The number of ether oxygens (including phenoxy) is 2. The van der Waals surface area contributed by atoms with Crippen molar-refractivity contribution in [3.8, 4) is 5.88 Å². The molecule has 10 heteroatoms. The summed E-state index contributed by atoms with van der Waals surface area (Å²) in [5.41, 5.74) is -1.14. The Morgan fingerprint density at radius 2 is 2.07 bits per heavy atom. The van der Waals surface area contributed by atoms with Gasteiger partial charge in [0.25, 0.3) is 5.92 Å². The van der Waals surface area contributed by atoms with Gasteiger partial charge in [0, 0.05) is 35.6 Å². The standard InChI is InChI=1S/C20H21F2N5O3/c21-20(22)18-8-19(20,9-18)25-17(28)30-13-2-1-11(5-13)14-7-15(27-26-14)24-12-3-4-23-16(6-12)29-10-18/h3-4,6-7,11,13H,1-2,5,8-10H2,(H,25,28)(H2,24,26,27)/t11-,13+,18?,19?/m0/s1. The molecule has 2 atom stereocenters. The number of halogens is 2. The summed E-state index contributed by atoms with van der Waals surface area (Å²) in [6.45, 7) is -0.161. The van der Waals surface area contributed by atoms with E-state index >= 15 is 0 Å². The summed E-state index contributed by atoms with van der Waals surface area (Å²) in [6, 6.07) is 5.36. The minimum absolute atomic E-state index is 0.161. The fourth-order valence-corrected chi connectivity index (χ4v) is 5.44. The van der Waals surface area contributed by atoms with E-state index in [1.807, 2.05) is 6.07 Å². The van der Waals surface area contributed by atoms with Gasteiger partial charge < -0.3 is 20.1 Å². The van der Waals surface area contributed by atoms with Gasteiger partial charge in [-0.2, -0.15) is 5.10 Å². The fourth-order valence-electron chi connectivity index (χ4n) is 5.44. The van der Waals surface area contributed by atoms with Crippen molar-refractivity contribution in [2.24, 2.45) is 5.41 Å². The number of nitrogens with zero attached hydrogens (tertiary/aromatic N) is 2. The third-order valence-corrected chi connectivity index (χ3v) is 7.09. The number of pyridine rings is 1. The normalized spacial score (nSPS) is 35.9. The molecule has 2 aromatic heterocycles. The lowest BCUT2D eigenvalue weighted by molar-refractivity contribution is -0.377. The van der Waals surface area contributed by atoms with Crippen LogP contribution in [0.5, 0.6) is 5.88 Å². The van der Waals surface area contributed by atoms with Crippen molar-refractivity contribution in [2.75, 3.05) is 11.9 Å². The van der Waals surface area contributed by atoms with Crippen LogP contribution in [0.4, 0.5) is 25.1 Å². The summed E-state index contributed by atoms with van der Waals surface area (Å²) in [5.74, 6) is -1.97. The van der Waals surface area contributed by atoms with Crippen LogP contribution in [0.25, 0.3) is 0 Å². The predicted molar refractivity (Wildman–Crippen MR) is 101 cm³/mol. The predicted octanol–water partition coefficient (Wildman–Crippen LogP) is 3.47. The second kappa shape index (κ2) is 5.83. The Morgan fingerprint density at radius 3 is 2.90 bits per heavy atom. The van der Waals surface area contributed by atoms with Gasteiger partial charge in [-0.25, -0.2) is 18.6 Å². The van der Waals surface area contributed by atoms with E-state index in [4.69, 9.17) is 9.47 Å². The van der Waals surface area contributed by atoms with Crippen molar-refractivity contribution < 1.29 is 23.0 Å². The highest BCUT2D eigenvalue weighted by Gasteiger charge is 2.89. The van der Waals surface area contributed by atoms with Crippen molar-refractivity contribution >= 4 is 17.6 Å². The summed E-state index contributed by atoms with van der Waals surface area (Å²) in [5, 5.41) is 13.0. The fraction of sp³-hybridized carbons (Fsp3) is 0.550. The summed E-state index contributed by atoms with van der Waals surface area (Å²) < 4.78 is 40.8. The average Bonchev–Trinajstić information content (AvgIpc) is 3.33. The highest BCUT2D eigenvalue weighted by molar-refractivity contribution is 5.70. The molecule has 0 unspecified atom stereocenters. The van der Waals surface area contributed by atoms with Crippen LogP contribution in [0.2, 0.25) is 0 Å². The first-order valence-corrected chi connectivity index (χ1v) is 10.2. The Labute approximate surface area is 170 Å². The minimum Gasteiger partial charge on any atom is -0.477 e. The van der Waals surface area contributed by atoms with E-state index in [9.17, 15) is 13.6 Å². The smallest absolute Gasteiger partial charge is 0.408 e. The topological polar surface area (TPSA) is 101 Å². The van der Waals surface area contributed by atoms with Gasteiger partial charge in [-0.3, -0.25) is 5.10 Å². The number of aromatic nitrogens is 3. The lowest BCUT2D eigenvalue weighted by atomic mass is 9.36. The molecule has 7 aliphatic rings. The largest absolute Gasteiger partial charge is 0.477 e. The number of carbonyl (C=O) groups excluding carboxylic acids is 1. The Kier molecular flexibility index (Phi) is 3.48. The highest BCUT2D eigenvalue weighted by Crippen LogP contribution is 2.76. The van der Waals surface area contributed by atoms with Crippen LogP contribution < -0.4 is 15.4 Å². The van der Waals surface area contributed by atoms with Gasteiger partial charge >= 0.3 is 6.09 Å². The summed E-state index contributed by atoms with van der Waals surface area (Å²) in [7, 11) is 0. The molecule has 4 aliphatic carbocycles. The van der Waals surface area contributed by atoms with Crippen LogP contribution in [0.3, 0.4) is 0 Å². The first-order valence-electron chi connectivity index (χ1n) is 10.2. The van der Waals surface area contributed by atoms with Gasteiger partial charge in [-0.15, -0.1) is 0 Å². The van der Waals surface area contributed by atoms with E-state index in [1.54, 1.807) is 18.3 Å². The van der Waals surface area contributed by atoms with Gasteiger partial charge in [0.05, 0.1) is 5.41 Å². The molecule has 30 heavy (non-hydrogen) atoms. The molecular formula is C20H21F2N5O3. The molecule has 3 aliphatic heterocycles. The van der Waals surface area contributed by atoms with Crippen LogP contribution >= 0.6 is 0 Å². The summed E-state index contributed by atoms with van der Waals surface area (Å²) >= 11 is 0. The van der Waals surface area contributed by atoms with Crippen LogP contribution in [0.1, 0.15) is 43.7 Å². The zero-order valence-corrected chi connectivity index (χ0v) is 16.1. The lowest BCUT2D eigenvalue weighted by Crippen LogP contribution is -2.90. The molecule has 4 fully saturated rings. The van der Waals surface area contributed by atoms with E-state index in [0.717, 1.165) is 12.1 Å². The highest BCUT2D eigenvalue weighted by atomic mass is 19.3. The summed E-state index contributed by atoms with van der Waals surface area (Å²) in [4.78, 5) is 16.4. The van der Waals surface area contributed by atoms with E-state index < -0.39 is 23.0 Å². The lowest BCUT2D eigenvalue weighted by Gasteiger charge is -2.74. The molecule has 2 aromatic rings. The van der Waals surface area contributed by atoms with Gasteiger partial charge in [-0.05, 0) is 38.2 Å². The number of H-pyrrole nitrogens is 1. The van der Waals surface area contributed by atoms with Crippen molar-refractivity contribution in [3.05, 3.63) is 30.1 Å². The zero-order valence-electron chi connectivity index (χ0n) is 16.1. The molecule has 4 saturated carbocycles. The number of alkyl halides is 2. The number of alkyl carbamates (subject to hydrolysis) is 1. The minimum atomic E-state index is -3.04. The Morgan fingerprint density at radius 1 is 1.20 bits per heavy atom. The first kappa shape index (κ1) is 17.9. The Balaban J connectivity index is 1.30. The molecule has 158 valence electrons. The molecular weight excluding hydrogens is 396 g/mol. The van der Waals surface area contributed by atoms with E-state index in [-0.39, 0.29) is 37.4 Å². The number of anilines is 2. The first-order chi connectivity index (χ1) is 14.4. The quantitative estimate of drug-likeness (QED) is 0.607. The van der Waals surface area contributed by atoms with Crippen molar-refractivity contribution in [3.63, 3.8) is 0 Å². The third kappa shape index (κ3) is 2.39. The molecule has 0 radical (unpaired) electrons. The molecule has 0 aromatic carbocycles. The molecule has 0 saturated heterocycles. The van der Waals surface area contributed by atoms with Crippen molar-refractivity contribution in [2.45, 2.75) is 55.6 Å². The van der Waals surface area contributed by atoms with Crippen LogP contribution in [-0.4, -0.2) is 45.4 Å². The molecule has 3 N–H and O–H groups in total. The molecule has 9 rings (SSSR count). The molecule has 5 heterocycles. The Hall–Kier alpha value is -2.91. The van der Waals surface area contributed by atoms with Gasteiger partial charge in [0.2, 0.25) is 5.88 Å². The van der Waals surface area contributed by atoms with Gasteiger partial charge in [-0.1, -0.05) is 0 Å². The molecule has 1 amide bonds. The van der Waals surface area contributed by atoms with Crippen LogP contribution in [0.15, 0.2) is 24.4 Å². The van der Waals surface area contributed by atoms with E-state index in [1.165, 1.54) is 0 Å². The number of rotatable bonds is 0. The molecule has 8 nitrogen and oxygen atoms in total. The summed E-state index contributed by atoms with van der Waals surface area (Å²) in [6.07, 6.45) is 2.99. The maximum atomic E-state index is 14.8. The second-order valence-corrected chi connectivity index (χ2v) is 8.96. The molecule has 8 bridgehead atoms. The SMILES string of the molecule is O=C1NC23CC(COc4cc(ccn4)Nc4cc([nH]n4)[C@H]4CC[C@H](C4)O1)(C2)C3(F)F. The third-order valence-electron chi connectivity index (χ3n) is 7.09. The zero-order chi connectivity index (χ0) is 20.6. The van der Waals surface area contributed by atoms with Crippen molar-refractivity contribution in [1.29, 1.82) is 0 Å². The van der Waals surface area contributed by atoms with Gasteiger partial charge in [0.15, 0.2) is 5.82 Å². The monoisotopic (exact) mass is 417 g/mol. The van der Waals surface area contributed by atoms with E-state index in [2.05, 4.69) is 25.8 Å². The maximum Gasteiger partial charge on any atom is 0.408 e. The number of aromatic amines is 1. The van der Waals surface area contributed by atoms with Crippen molar-refractivity contribution in [1.82, 2.24) is 20.5 Å². The number of nitrogens with one attached hydrogen (secondary N) is 3. The number of hydrogen-bond donors (Lipinski definition) is 3. The Bertz CT molecular complexity index is 1020. The maximum absolute atomic E-state index is 14.8. The van der Waals surface area contributed by atoms with Crippen LogP contribution in [0, 0.1) is 5.41 Å². The number of carbonyl (C=O) groups is 1. The number of amides is 1. The van der Waals surface area contributed by atoms with Crippen LogP contribution in [-0.2, 0) is 4.74 Å². The van der Waals surface area contributed by atoms with E-state index in [0.29, 0.717) is 24.3 Å². The molecule has 0 spiro atoms. The van der Waals surface area contributed by atoms with Gasteiger partial charge in [0.1, 0.15) is 18.2 Å². The average molecular weight is 417 g/mol. The second-order valence-electron chi connectivity index (χ2n) is 8.96. The number of hydrogen-bond acceptors (Lipinski definition) is 6.